The Morgan fingerprint density at radius 1 is 1.35 bits per heavy atom. The Morgan fingerprint density at radius 2 is 2.15 bits per heavy atom. The molecule has 1 aromatic heterocycles. The van der Waals surface area contributed by atoms with Crippen molar-refractivity contribution in [3.63, 3.8) is 0 Å². The molecule has 1 aliphatic rings. The summed E-state index contributed by atoms with van der Waals surface area (Å²) in [7, 11) is -1.35. The van der Waals surface area contributed by atoms with Gasteiger partial charge in [0, 0.05) is 19.0 Å². The van der Waals surface area contributed by atoms with Crippen molar-refractivity contribution in [2.75, 3.05) is 30.9 Å². The average Bonchev–Trinajstić information content (AvgIpc) is 2.74. The van der Waals surface area contributed by atoms with Crippen LogP contribution in [0.25, 0.3) is 10.9 Å². The molecule has 0 radical (unpaired) electrons. The monoisotopic (exact) mass is 293 g/mol. The van der Waals surface area contributed by atoms with Crippen LogP contribution in [0.3, 0.4) is 0 Å². The van der Waals surface area contributed by atoms with Crippen LogP contribution in [-0.2, 0) is 16.3 Å². The third kappa shape index (κ3) is 1.94. The van der Waals surface area contributed by atoms with E-state index < -0.39 is 9.84 Å². The molecule has 1 N–H and O–H groups in total. The van der Waals surface area contributed by atoms with Gasteiger partial charge in [0.1, 0.15) is 12.1 Å². The van der Waals surface area contributed by atoms with Gasteiger partial charge in [0.25, 0.3) is 0 Å². The molecule has 2 aromatic rings. The first-order valence-corrected chi connectivity index (χ1v) is 8.01. The average molecular weight is 293 g/mol. The summed E-state index contributed by atoms with van der Waals surface area (Å²) < 4.78 is 24.0. The molecule has 0 unspecified atom stereocenters. The lowest BCUT2D eigenvalue weighted by Gasteiger charge is -2.19. The van der Waals surface area contributed by atoms with Crippen molar-refractivity contribution >= 4 is 26.6 Å². The summed E-state index contributed by atoms with van der Waals surface area (Å²) >= 11 is 0. The Labute approximate surface area is 117 Å². The molecule has 0 aliphatic carbocycles. The zero-order valence-corrected chi connectivity index (χ0v) is 11.9. The van der Waals surface area contributed by atoms with Crippen LogP contribution >= 0.6 is 0 Å². The number of fused-ring (bicyclic) bond motifs is 3. The molecular formula is C13H15N3O3S. The summed E-state index contributed by atoms with van der Waals surface area (Å²) in [6.45, 7) is 0.442. The second-order valence-electron chi connectivity index (χ2n) is 4.85. The van der Waals surface area contributed by atoms with Gasteiger partial charge in [-0.25, -0.2) is 18.4 Å². The summed E-state index contributed by atoms with van der Waals surface area (Å²) in [4.78, 5) is 10.7. The topological polar surface area (TPSA) is 83.4 Å². The standard InChI is InChI=1S/C13H15N3O3S/c1-16(5-6-17)13-12-9-4-7-20(18,19)11(9)3-2-10(12)14-8-15-13/h2-3,8,17H,4-7H2,1H3. The maximum atomic E-state index is 12.0. The van der Waals surface area contributed by atoms with E-state index in [1.54, 1.807) is 12.1 Å². The number of hydrogen-bond donors (Lipinski definition) is 1. The number of aryl methyl sites for hydroxylation is 1. The zero-order valence-electron chi connectivity index (χ0n) is 11.1. The number of nitrogens with zero attached hydrogens (tertiary/aromatic N) is 3. The van der Waals surface area contributed by atoms with Gasteiger partial charge < -0.3 is 10.0 Å². The van der Waals surface area contributed by atoms with E-state index in [1.165, 1.54) is 6.33 Å². The fourth-order valence-electron chi connectivity index (χ4n) is 2.62. The SMILES string of the molecule is CN(CCO)c1ncnc2ccc3c(c12)CCS3(=O)=O. The molecule has 0 atom stereocenters. The number of benzene rings is 1. The van der Waals surface area contributed by atoms with Crippen molar-refractivity contribution in [1.29, 1.82) is 0 Å². The van der Waals surface area contributed by atoms with Gasteiger partial charge in [-0.2, -0.15) is 0 Å². The number of rotatable bonds is 3. The van der Waals surface area contributed by atoms with E-state index in [0.717, 1.165) is 16.5 Å². The number of aliphatic hydroxyl groups is 1. The third-order valence-electron chi connectivity index (χ3n) is 3.60. The zero-order chi connectivity index (χ0) is 14.3. The number of sulfone groups is 1. The molecule has 1 aromatic carbocycles. The van der Waals surface area contributed by atoms with E-state index >= 15 is 0 Å². The molecule has 1 aliphatic heterocycles. The first-order valence-electron chi connectivity index (χ1n) is 6.36. The smallest absolute Gasteiger partial charge is 0.179 e. The van der Waals surface area contributed by atoms with Gasteiger partial charge in [-0.05, 0) is 24.1 Å². The maximum absolute atomic E-state index is 12.0. The van der Waals surface area contributed by atoms with Crippen LogP contribution in [0.5, 0.6) is 0 Å². The largest absolute Gasteiger partial charge is 0.395 e. The van der Waals surface area contributed by atoms with Crippen LogP contribution in [0.1, 0.15) is 5.56 Å². The summed E-state index contributed by atoms with van der Waals surface area (Å²) in [5.41, 5.74) is 1.53. The van der Waals surface area contributed by atoms with Gasteiger partial charge in [-0.15, -0.1) is 0 Å². The lowest BCUT2D eigenvalue weighted by Crippen LogP contribution is -2.22. The van der Waals surface area contributed by atoms with Gasteiger partial charge in [-0.3, -0.25) is 0 Å². The van der Waals surface area contributed by atoms with Crippen LogP contribution in [0.2, 0.25) is 0 Å². The summed E-state index contributed by atoms with van der Waals surface area (Å²) in [6, 6.07) is 3.35. The summed E-state index contributed by atoms with van der Waals surface area (Å²) in [5.74, 6) is 0.803. The summed E-state index contributed by atoms with van der Waals surface area (Å²) in [6.07, 6.45) is 1.95. The maximum Gasteiger partial charge on any atom is 0.179 e. The van der Waals surface area contributed by atoms with Crippen molar-refractivity contribution < 1.29 is 13.5 Å². The van der Waals surface area contributed by atoms with Crippen molar-refractivity contribution in [3.8, 4) is 0 Å². The van der Waals surface area contributed by atoms with Crippen LogP contribution in [0.15, 0.2) is 23.4 Å². The van der Waals surface area contributed by atoms with Gasteiger partial charge in [0.05, 0.1) is 22.8 Å². The van der Waals surface area contributed by atoms with Gasteiger partial charge in [0.2, 0.25) is 0 Å². The molecule has 0 bridgehead atoms. The Bertz CT molecular complexity index is 774. The third-order valence-corrected chi connectivity index (χ3v) is 5.40. The molecule has 3 rings (SSSR count). The van der Waals surface area contributed by atoms with Gasteiger partial charge in [-0.1, -0.05) is 0 Å². The molecule has 7 heteroatoms. The van der Waals surface area contributed by atoms with E-state index in [2.05, 4.69) is 9.97 Å². The van der Waals surface area contributed by atoms with Crippen molar-refractivity contribution in [2.24, 2.45) is 0 Å². The Morgan fingerprint density at radius 3 is 2.90 bits per heavy atom. The minimum atomic E-state index is -3.18. The van der Waals surface area contributed by atoms with Crippen LogP contribution in [0.4, 0.5) is 5.82 Å². The van der Waals surface area contributed by atoms with Gasteiger partial charge in [0.15, 0.2) is 9.84 Å². The second kappa shape index (κ2) is 4.68. The van der Waals surface area contributed by atoms with Crippen LogP contribution in [0, 0.1) is 0 Å². The number of likely N-dealkylation sites (N-methyl/N-ethyl adjacent to an activating group) is 1. The molecule has 0 fully saturated rings. The molecule has 0 saturated heterocycles. The highest BCUT2D eigenvalue weighted by atomic mass is 32.2. The molecule has 6 nitrogen and oxygen atoms in total. The molecule has 106 valence electrons. The summed E-state index contributed by atoms with van der Waals surface area (Å²) in [5, 5.41) is 9.85. The van der Waals surface area contributed by atoms with E-state index in [1.807, 2.05) is 11.9 Å². The van der Waals surface area contributed by atoms with Gasteiger partial charge >= 0.3 is 0 Å². The predicted molar refractivity (Wildman–Crippen MR) is 75.7 cm³/mol. The van der Waals surface area contributed by atoms with E-state index in [9.17, 15) is 8.42 Å². The van der Waals surface area contributed by atoms with Crippen molar-refractivity contribution in [2.45, 2.75) is 11.3 Å². The lowest BCUT2D eigenvalue weighted by atomic mass is 10.1. The first-order chi connectivity index (χ1) is 9.54. The number of aliphatic hydroxyl groups excluding tert-OH is 1. The minimum absolute atomic E-state index is 0.00924. The highest BCUT2D eigenvalue weighted by Gasteiger charge is 2.29. The second-order valence-corrected chi connectivity index (χ2v) is 6.93. The number of anilines is 1. The molecule has 20 heavy (non-hydrogen) atoms. The molecule has 2 heterocycles. The normalized spacial score (nSPS) is 16.3. The lowest BCUT2D eigenvalue weighted by molar-refractivity contribution is 0.304. The quantitative estimate of drug-likeness (QED) is 0.881. The Kier molecular flexibility index (Phi) is 3.10. The molecule has 0 amide bonds. The fourth-order valence-corrected chi connectivity index (χ4v) is 4.16. The van der Waals surface area contributed by atoms with Crippen LogP contribution in [-0.4, -0.2) is 49.4 Å². The molecule has 0 saturated carbocycles. The highest BCUT2D eigenvalue weighted by molar-refractivity contribution is 7.91. The molecule has 0 spiro atoms. The van der Waals surface area contributed by atoms with Crippen LogP contribution < -0.4 is 4.90 Å². The predicted octanol–water partition coefficient (Wildman–Crippen LogP) is 0.388. The Hall–Kier alpha value is -1.73. The molecular weight excluding hydrogens is 278 g/mol. The highest BCUT2D eigenvalue weighted by Crippen LogP contribution is 2.35. The number of hydrogen-bond acceptors (Lipinski definition) is 6. The van der Waals surface area contributed by atoms with Crippen molar-refractivity contribution in [1.82, 2.24) is 9.97 Å². The number of aromatic nitrogens is 2. The van der Waals surface area contributed by atoms with E-state index in [0.29, 0.717) is 23.7 Å². The fraction of sp³-hybridized carbons (Fsp3) is 0.385. The minimum Gasteiger partial charge on any atom is -0.395 e. The first kappa shape index (κ1) is 13.3. The van der Waals surface area contributed by atoms with E-state index in [4.69, 9.17) is 5.11 Å². The van der Waals surface area contributed by atoms with Crippen molar-refractivity contribution in [3.05, 3.63) is 24.0 Å². The Balaban J connectivity index is 2.31. The van der Waals surface area contributed by atoms with E-state index in [-0.39, 0.29) is 12.4 Å².